The summed E-state index contributed by atoms with van der Waals surface area (Å²) in [5.41, 5.74) is -0.243. The lowest BCUT2D eigenvalue weighted by molar-refractivity contribution is -0.162. The maximum Gasteiger partial charge on any atom is 0.308 e. The van der Waals surface area contributed by atoms with Gasteiger partial charge in [-0.3, -0.25) is 9.59 Å². The van der Waals surface area contributed by atoms with Gasteiger partial charge in [-0.2, -0.15) is 0 Å². The number of rotatable bonds is 4. The molecular weight excluding hydrogens is 246 g/mol. The van der Waals surface area contributed by atoms with Crippen LogP contribution in [-0.4, -0.2) is 47.2 Å². The van der Waals surface area contributed by atoms with Crippen LogP contribution in [0.1, 0.15) is 39.5 Å². The molecule has 1 amide bonds. The van der Waals surface area contributed by atoms with Crippen LogP contribution in [0.15, 0.2) is 0 Å². The van der Waals surface area contributed by atoms with Crippen LogP contribution in [0.4, 0.5) is 0 Å². The van der Waals surface area contributed by atoms with Crippen molar-refractivity contribution in [1.29, 1.82) is 0 Å². The second kappa shape index (κ2) is 5.12. The van der Waals surface area contributed by atoms with E-state index in [0.717, 1.165) is 19.3 Å². The van der Waals surface area contributed by atoms with E-state index in [2.05, 4.69) is 0 Å². The normalized spacial score (nSPS) is 33.9. The first-order valence-electron chi connectivity index (χ1n) is 6.97. The Morgan fingerprint density at radius 3 is 2.53 bits per heavy atom. The highest BCUT2D eigenvalue weighted by atomic mass is 16.5. The number of ether oxygens (including phenoxy) is 1. The highest BCUT2D eigenvalue weighted by molar-refractivity contribution is 5.82. The average Bonchev–Trinajstić information content (AvgIpc) is 2.26. The molecule has 0 radical (unpaired) electrons. The van der Waals surface area contributed by atoms with Gasteiger partial charge in [0.25, 0.3) is 0 Å². The number of carboxylic acids is 1. The summed E-state index contributed by atoms with van der Waals surface area (Å²) in [4.78, 5) is 25.3. The SMILES string of the molecule is COC1(CN2C(=O)CC(C)C(C(=O)O)C2C)CCC1. The molecule has 0 spiro atoms. The summed E-state index contributed by atoms with van der Waals surface area (Å²) in [7, 11) is 1.68. The van der Waals surface area contributed by atoms with Gasteiger partial charge in [0.05, 0.1) is 11.5 Å². The molecule has 1 aliphatic carbocycles. The second-order valence-electron chi connectivity index (χ2n) is 6.05. The number of likely N-dealkylation sites (tertiary alicyclic amines) is 1. The summed E-state index contributed by atoms with van der Waals surface area (Å²) >= 11 is 0. The van der Waals surface area contributed by atoms with Gasteiger partial charge >= 0.3 is 5.97 Å². The molecule has 2 aliphatic rings. The molecule has 1 aliphatic heterocycles. The molecule has 1 saturated carbocycles. The number of methoxy groups -OCH3 is 1. The van der Waals surface area contributed by atoms with Crippen LogP contribution in [0, 0.1) is 11.8 Å². The van der Waals surface area contributed by atoms with E-state index in [1.165, 1.54) is 0 Å². The van der Waals surface area contributed by atoms with Crippen molar-refractivity contribution in [3.8, 4) is 0 Å². The summed E-state index contributed by atoms with van der Waals surface area (Å²) in [6.07, 6.45) is 3.34. The number of hydrogen-bond acceptors (Lipinski definition) is 3. The van der Waals surface area contributed by atoms with E-state index < -0.39 is 11.9 Å². The van der Waals surface area contributed by atoms with E-state index in [1.807, 2.05) is 13.8 Å². The number of amides is 1. The molecule has 2 rings (SSSR count). The molecule has 5 heteroatoms. The number of carbonyl (C=O) groups excluding carboxylic acids is 1. The molecule has 1 heterocycles. The minimum atomic E-state index is -0.808. The fourth-order valence-electron chi connectivity index (χ4n) is 3.41. The molecule has 3 atom stereocenters. The fraction of sp³-hybridized carbons (Fsp3) is 0.857. The van der Waals surface area contributed by atoms with Crippen LogP contribution >= 0.6 is 0 Å². The van der Waals surface area contributed by atoms with E-state index in [9.17, 15) is 14.7 Å². The molecule has 0 aromatic carbocycles. The van der Waals surface area contributed by atoms with Crippen molar-refractivity contribution in [2.75, 3.05) is 13.7 Å². The maximum atomic E-state index is 12.2. The molecule has 1 saturated heterocycles. The minimum absolute atomic E-state index is 0.0563. The van der Waals surface area contributed by atoms with E-state index in [4.69, 9.17) is 4.74 Å². The van der Waals surface area contributed by atoms with E-state index in [0.29, 0.717) is 13.0 Å². The zero-order chi connectivity index (χ0) is 14.2. The number of aliphatic carboxylic acids is 1. The van der Waals surface area contributed by atoms with Crippen molar-refractivity contribution >= 4 is 11.9 Å². The van der Waals surface area contributed by atoms with Gasteiger partial charge < -0.3 is 14.7 Å². The highest BCUT2D eigenvalue weighted by Crippen LogP contribution is 2.39. The lowest BCUT2D eigenvalue weighted by Gasteiger charge is -2.48. The van der Waals surface area contributed by atoms with Gasteiger partial charge in [-0.1, -0.05) is 6.92 Å². The molecule has 3 unspecified atom stereocenters. The van der Waals surface area contributed by atoms with Gasteiger partial charge in [-0.15, -0.1) is 0 Å². The fourth-order valence-corrected chi connectivity index (χ4v) is 3.41. The predicted octanol–water partition coefficient (Wildman–Crippen LogP) is 1.51. The van der Waals surface area contributed by atoms with Crippen molar-refractivity contribution in [3.05, 3.63) is 0 Å². The average molecular weight is 269 g/mol. The van der Waals surface area contributed by atoms with Crippen molar-refractivity contribution < 1.29 is 19.4 Å². The highest BCUT2D eigenvalue weighted by Gasteiger charge is 2.46. The van der Waals surface area contributed by atoms with Crippen molar-refractivity contribution in [2.24, 2.45) is 11.8 Å². The van der Waals surface area contributed by atoms with Crippen LogP contribution in [-0.2, 0) is 14.3 Å². The summed E-state index contributed by atoms with van der Waals surface area (Å²) in [6, 6.07) is -0.263. The Kier molecular flexibility index (Phi) is 3.85. The lowest BCUT2D eigenvalue weighted by Crippen LogP contribution is -2.59. The quantitative estimate of drug-likeness (QED) is 0.840. The van der Waals surface area contributed by atoms with Crippen LogP contribution in [0.5, 0.6) is 0 Å². The number of carbonyl (C=O) groups is 2. The Balaban J connectivity index is 2.14. The number of piperidine rings is 1. The van der Waals surface area contributed by atoms with Crippen LogP contribution in [0.25, 0.3) is 0 Å². The van der Waals surface area contributed by atoms with E-state index >= 15 is 0 Å². The molecule has 0 aromatic rings. The van der Waals surface area contributed by atoms with Gasteiger partial charge in [0.2, 0.25) is 5.91 Å². The van der Waals surface area contributed by atoms with Gasteiger partial charge in [-0.25, -0.2) is 0 Å². The van der Waals surface area contributed by atoms with Crippen molar-refractivity contribution in [1.82, 2.24) is 4.90 Å². The summed E-state index contributed by atoms with van der Waals surface area (Å²) in [5, 5.41) is 9.34. The molecule has 0 bridgehead atoms. The largest absolute Gasteiger partial charge is 0.481 e. The smallest absolute Gasteiger partial charge is 0.308 e. The Hall–Kier alpha value is -1.10. The zero-order valence-electron chi connectivity index (χ0n) is 11.9. The third kappa shape index (κ3) is 2.48. The first-order valence-corrected chi connectivity index (χ1v) is 6.97. The van der Waals surface area contributed by atoms with Crippen molar-refractivity contribution in [3.63, 3.8) is 0 Å². The monoisotopic (exact) mass is 269 g/mol. The third-order valence-corrected chi connectivity index (χ3v) is 4.88. The molecular formula is C14H23NO4. The van der Waals surface area contributed by atoms with Crippen LogP contribution < -0.4 is 0 Å². The summed E-state index contributed by atoms with van der Waals surface area (Å²) in [5.74, 6) is -1.33. The Morgan fingerprint density at radius 2 is 2.11 bits per heavy atom. The second-order valence-corrected chi connectivity index (χ2v) is 6.05. The standard InChI is InChI=1S/C14H23NO4/c1-9-7-11(16)15(10(2)12(9)13(17)18)8-14(19-3)5-4-6-14/h9-10,12H,4-8H2,1-3H3,(H,17,18). The Bertz CT molecular complexity index is 372. The number of nitrogens with zero attached hydrogens (tertiary/aromatic N) is 1. The first kappa shape index (κ1) is 14.3. The lowest BCUT2D eigenvalue weighted by atomic mass is 9.76. The minimum Gasteiger partial charge on any atom is -0.481 e. The molecule has 5 nitrogen and oxygen atoms in total. The number of hydrogen-bond donors (Lipinski definition) is 1. The van der Waals surface area contributed by atoms with Gasteiger partial charge in [0.15, 0.2) is 0 Å². The molecule has 19 heavy (non-hydrogen) atoms. The first-order chi connectivity index (χ1) is 8.90. The van der Waals surface area contributed by atoms with Gasteiger partial charge in [-0.05, 0) is 32.1 Å². The maximum absolute atomic E-state index is 12.2. The van der Waals surface area contributed by atoms with Crippen molar-refractivity contribution in [2.45, 2.75) is 51.2 Å². The molecule has 0 aromatic heterocycles. The van der Waals surface area contributed by atoms with Crippen LogP contribution in [0.3, 0.4) is 0 Å². The summed E-state index contributed by atoms with van der Waals surface area (Å²) in [6.45, 7) is 4.22. The third-order valence-electron chi connectivity index (χ3n) is 4.88. The van der Waals surface area contributed by atoms with E-state index in [1.54, 1.807) is 12.0 Å². The zero-order valence-corrected chi connectivity index (χ0v) is 11.9. The Morgan fingerprint density at radius 1 is 1.47 bits per heavy atom. The van der Waals surface area contributed by atoms with Crippen LogP contribution in [0.2, 0.25) is 0 Å². The Labute approximate surface area is 113 Å². The van der Waals surface area contributed by atoms with Gasteiger partial charge in [0.1, 0.15) is 0 Å². The predicted molar refractivity (Wildman–Crippen MR) is 69.7 cm³/mol. The molecule has 108 valence electrons. The van der Waals surface area contributed by atoms with E-state index in [-0.39, 0.29) is 23.5 Å². The molecule has 2 fully saturated rings. The summed E-state index contributed by atoms with van der Waals surface area (Å²) < 4.78 is 5.55. The number of carboxylic acid groups (broad SMARTS) is 1. The topological polar surface area (TPSA) is 66.8 Å². The molecule has 1 N–H and O–H groups in total. The van der Waals surface area contributed by atoms with Gasteiger partial charge in [0, 0.05) is 26.1 Å².